The van der Waals surface area contributed by atoms with Gasteiger partial charge in [0.05, 0.1) is 27.3 Å². The fourth-order valence-corrected chi connectivity index (χ4v) is 7.40. The Labute approximate surface area is 251 Å². The summed E-state index contributed by atoms with van der Waals surface area (Å²) < 4.78 is 12.9. The molecule has 0 bridgehead atoms. The molecule has 0 saturated carbocycles. The van der Waals surface area contributed by atoms with Crippen LogP contribution in [0.5, 0.6) is 5.75 Å². The van der Waals surface area contributed by atoms with Gasteiger partial charge in [-0.05, 0) is 105 Å². The van der Waals surface area contributed by atoms with E-state index in [1.807, 2.05) is 30.3 Å². The van der Waals surface area contributed by atoms with Crippen molar-refractivity contribution in [1.29, 1.82) is 0 Å². The third-order valence-electron chi connectivity index (χ3n) is 6.12. The van der Waals surface area contributed by atoms with Crippen molar-refractivity contribution in [2.45, 2.75) is 38.8 Å². The molecule has 1 aliphatic carbocycles. The average Bonchev–Trinajstić information content (AvgIpc) is 3.54. The predicted molar refractivity (Wildman–Crippen MR) is 161 cm³/mol. The first kappa shape index (κ1) is 27.5. The zero-order valence-corrected chi connectivity index (χ0v) is 25.5. The van der Waals surface area contributed by atoms with Crippen LogP contribution in [0.3, 0.4) is 0 Å². The molecule has 1 N–H and O–H groups in total. The van der Waals surface area contributed by atoms with Crippen molar-refractivity contribution in [1.82, 2.24) is 5.32 Å². The van der Waals surface area contributed by atoms with Crippen molar-refractivity contribution >= 4 is 83.5 Å². The number of ether oxygens (including phenoxy) is 1. The van der Waals surface area contributed by atoms with Gasteiger partial charge in [0.25, 0.3) is 5.91 Å². The Balaban J connectivity index is 1.35. The molecule has 38 heavy (non-hydrogen) atoms. The van der Waals surface area contributed by atoms with Gasteiger partial charge in [-0.3, -0.25) is 4.79 Å². The number of furan rings is 1. The highest BCUT2D eigenvalue weighted by Crippen LogP contribution is 2.40. The van der Waals surface area contributed by atoms with E-state index in [9.17, 15) is 4.79 Å². The number of carbonyl (C=O) groups is 1. The van der Waals surface area contributed by atoms with Crippen molar-refractivity contribution in [2.24, 2.45) is 4.99 Å². The Morgan fingerprint density at radius 3 is 2.66 bits per heavy atom. The van der Waals surface area contributed by atoms with Gasteiger partial charge in [-0.25, -0.2) is 4.99 Å². The standard InChI is InChI=1S/C28H22Br2Cl2N2O3S/c29-21-10-16(11-22(30)26(21)37-15-17-7-8-18(31)12-23(17)32)13-34-28-25(20-5-1-2-6-24(20)38-28)27(35)33-14-19-4-3-9-36-19/h3-4,7-13H,1-2,5-6,14-15H2,(H,33,35). The molecular formula is C28H22Br2Cl2N2O3S. The van der Waals surface area contributed by atoms with E-state index in [2.05, 4.69) is 37.2 Å². The molecular weight excluding hydrogens is 675 g/mol. The largest absolute Gasteiger partial charge is 0.486 e. The van der Waals surface area contributed by atoms with Gasteiger partial charge in [0.15, 0.2) is 0 Å². The normalized spacial score (nSPS) is 13.1. The van der Waals surface area contributed by atoms with Gasteiger partial charge in [-0.1, -0.05) is 29.3 Å². The van der Waals surface area contributed by atoms with Gasteiger partial charge in [0.2, 0.25) is 0 Å². The Morgan fingerprint density at radius 2 is 1.92 bits per heavy atom. The zero-order chi connectivity index (χ0) is 26.6. The fourth-order valence-electron chi connectivity index (χ4n) is 4.26. The Kier molecular flexibility index (Phi) is 8.95. The number of amides is 1. The average molecular weight is 697 g/mol. The lowest BCUT2D eigenvalue weighted by atomic mass is 9.95. The first-order valence-electron chi connectivity index (χ1n) is 11.9. The third kappa shape index (κ3) is 6.37. The maximum Gasteiger partial charge on any atom is 0.255 e. The molecule has 0 spiro atoms. The number of hydrogen-bond acceptors (Lipinski definition) is 5. The number of fused-ring (bicyclic) bond motifs is 1. The van der Waals surface area contributed by atoms with Crippen LogP contribution in [-0.4, -0.2) is 12.1 Å². The van der Waals surface area contributed by atoms with Crippen LogP contribution in [0.2, 0.25) is 10.0 Å². The number of thiophene rings is 1. The molecule has 0 atom stereocenters. The summed E-state index contributed by atoms with van der Waals surface area (Å²) in [6.45, 7) is 0.625. The van der Waals surface area contributed by atoms with Crippen LogP contribution >= 0.6 is 66.4 Å². The number of aryl methyl sites for hydroxylation is 1. The minimum Gasteiger partial charge on any atom is -0.486 e. The fraction of sp³-hybridized carbons (Fsp3) is 0.214. The first-order chi connectivity index (χ1) is 18.4. The van der Waals surface area contributed by atoms with Crippen LogP contribution in [0.4, 0.5) is 5.00 Å². The molecule has 4 aromatic rings. The third-order valence-corrected chi connectivity index (χ3v) is 9.09. The minimum atomic E-state index is -0.125. The van der Waals surface area contributed by atoms with E-state index in [0.29, 0.717) is 33.7 Å². The molecule has 0 aliphatic heterocycles. The number of hydrogen-bond donors (Lipinski definition) is 1. The highest BCUT2D eigenvalue weighted by atomic mass is 79.9. The molecule has 5 nitrogen and oxygen atoms in total. The Hall–Kier alpha value is -2.10. The number of halogens is 4. The lowest BCUT2D eigenvalue weighted by Gasteiger charge is -2.13. The van der Waals surface area contributed by atoms with E-state index in [0.717, 1.165) is 56.3 Å². The number of nitrogens with zero attached hydrogens (tertiary/aromatic N) is 1. The second-order valence-electron chi connectivity index (χ2n) is 8.75. The van der Waals surface area contributed by atoms with Crippen LogP contribution in [0, 0.1) is 0 Å². The van der Waals surface area contributed by atoms with E-state index >= 15 is 0 Å². The summed E-state index contributed by atoms with van der Waals surface area (Å²) in [5.41, 5.74) is 3.48. The lowest BCUT2D eigenvalue weighted by Crippen LogP contribution is -2.23. The molecule has 0 radical (unpaired) electrons. The first-order valence-corrected chi connectivity index (χ1v) is 15.1. The summed E-state index contributed by atoms with van der Waals surface area (Å²) in [6.07, 6.45) is 7.46. The molecule has 2 aromatic carbocycles. The minimum absolute atomic E-state index is 0.125. The zero-order valence-electron chi connectivity index (χ0n) is 20.0. The van der Waals surface area contributed by atoms with Gasteiger partial charge in [-0.2, -0.15) is 0 Å². The van der Waals surface area contributed by atoms with Crippen LogP contribution in [0.15, 0.2) is 67.1 Å². The van der Waals surface area contributed by atoms with Crippen LogP contribution in [-0.2, 0) is 26.0 Å². The maximum atomic E-state index is 13.2. The summed E-state index contributed by atoms with van der Waals surface area (Å²) in [7, 11) is 0. The van der Waals surface area contributed by atoms with E-state index in [4.69, 9.17) is 37.3 Å². The van der Waals surface area contributed by atoms with E-state index in [-0.39, 0.29) is 12.5 Å². The second kappa shape index (κ2) is 12.4. The quantitative estimate of drug-likeness (QED) is 0.187. The highest BCUT2D eigenvalue weighted by molar-refractivity contribution is 9.11. The van der Waals surface area contributed by atoms with Crippen molar-refractivity contribution in [3.8, 4) is 5.75 Å². The topological polar surface area (TPSA) is 63.8 Å². The van der Waals surface area contributed by atoms with Crippen LogP contribution in [0.25, 0.3) is 0 Å². The van der Waals surface area contributed by atoms with E-state index < -0.39 is 0 Å². The lowest BCUT2D eigenvalue weighted by molar-refractivity contribution is 0.0948. The number of nitrogens with one attached hydrogen (secondary N) is 1. The molecule has 0 saturated heterocycles. The van der Waals surface area contributed by atoms with Gasteiger partial charge in [0, 0.05) is 26.7 Å². The van der Waals surface area contributed by atoms with E-state index in [1.165, 1.54) is 4.88 Å². The summed E-state index contributed by atoms with van der Waals surface area (Å²) in [6, 6.07) is 12.8. The van der Waals surface area contributed by atoms with E-state index in [1.54, 1.807) is 35.9 Å². The Bertz CT molecular complexity index is 1480. The molecule has 1 amide bonds. The summed E-state index contributed by atoms with van der Waals surface area (Å²) in [5, 5.41) is 4.84. The van der Waals surface area contributed by atoms with Crippen molar-refractivity contribution in [2.75, 3.05) is 0 Å². The van der Waals surface area contributed by atoms with Crippen molar-refractivity contribution in [3.63, 3.8) is 0 Å². The Morgan fingerprint density at radius 1 is 1.13 bits per heavy atom. The van der Waals surface area contributed by atoms with Crippen LogP contribution in [0.1, 0.15) is 50.5 Å². The SMILES string of the molecule is O=C(NCc1ccco1)c1c(N=Cc2cc(Br)c(OCc3ccc(Cl)cc3Cl)c(Br)c2)sc2c1CCCC2. The van der Waals surface area contributed by atoms with Crippen molar-refractivity contribution in [3.05, 3.63) is 101 Å². The molecule has 0 unspecified atom stereocenters. The molecule has 0 fully saturated rings. The highest BCUT2D eigenvalue weighted by Gasteiger charge is 2.25. The number of carbonyl (C=O) groups excluding carboxylic acids is 1. The second-order valence-corrected chi connectivity index (χ2v) is 12.4. The molecule has 1 aliphatic rings. The predicted octanol–water partition coefficient (Wildman–Crippen LogP) is 9.31. The summed E-state index contributed by atoms with van der Waals surface area (Å²) in [4.78, 5) is 19.2. The number of rotatable bonds is 8. The summed E-state index contributed by atoms with van der Waals surface area (Å²) in [5.74, 6) is 1.24. The molecule has 10 heteroatoms. The maximum absolute atomic E-state index is 13.2. The number of aliphatic imine (C=N–C) groups is 1. The number of benzene rings is 2. The molecule has 5 rings (SSSR count). The summed E-state index contributed by atoms with van der Waals surface area (Å²) >= 11 is 21.1. The van der Waals surface area contributed by atoms with Gasteiger partial charge >= 0.3 is 0 Å². The smallest absolute Gasteiger partial charge is 0.255 e. The molecule has 196 valence electrons. The van der Waals surface area contributed by atoms with Crippen molar-refractivity contribution < 1.29 is 13.9 Å². The van der Waals surface area contributed by atoms with Gasteiger partial charge in [-0.15, -0.1) is 11.3 Å². The van der Waals surface area contributed by atoms with Gasteiger partial charge < -0.3 is 14.5 Å². The monoisotopic (exact) mass is 694 g/mol. The van der Waals surface area contributed by atoms with Crippen LogP contribution < -0.4 is 10.1 Å². The molecule has 2 aromatic heterocycles. The van der Waals surface area contributed by atoms with Gasteiger partial charge in [0.1, 0.15) is 23.1 Å². The molecule has 2 heterocycles.